The molecule has 0 saturated carbocycles. The van der Waals surface area contributed by atoms with Gasteiger partial charge in [0.2, 0.25) is 0 Å². The number of hydrogen-bond acceptors (Lipinski definition) is 4. The Hall–Kier alpha value is -1.73. The van der Waals surface area contributed by atoms with E-state index in [9.17, 15) is 9.50 Å². The third-order valence-corrected chi connectivity index (χ3v) is 4.01. The molecule has 0 amide bonds. The van der Waals surface area contributed by atoms with Gasteiger partial charge < -0.3 is 19.1 Å². The maximum absolute atomic E-state index is 13.1. The predicted octanol–water partition coefficient (Wildman–Crippen LogP) is 2.13. The van der Waals surface area contributed by atoms with Crippen LogP contribution in [-0.4, -0.2) is 61.2 Å². The Bertz CT molecular complexity index is 615. The third kappa shape index (κ3) is 6.59. The summed E-state index contributed by atoms with van der Waals surface area (Å²) in [7, 11) is 3.25. The molecule has 0 fully saturated rings. The molecular weight excluding hydrogens is 323 g/mol. The number of aliphatic hydroxyl groups is 1. The van der Waals surface area contributed by atoms with Crippen LogP contribution < -0.4 is 0 Å². The molecule has 0 bridgehead atoms. The molecule has 1 heterocycles. The van der Waals surface area contributed by atoms with E-state index in [-0.39, 0.29) is 5.82 Å². The molecule has 0 aliphatic heterocycles. The zero-order chi connectivity index (χ0) is 18.1. The van der Waals surface area contributed by atoms with Crippen LogP contribution in [0.4, 0.5) is 4.39 Å². The number of hydrogen-bond donors (Lipinski definition) is 1. The molecule has 2 rings (SSSR count). The maximum atomic E-state index is 13.1. The van der Waals surface area contributed by atoms with Gasteiger partial charge in [0.05, 0.1) is 19.3 Å². The van der Waals surface area contributed by atoms with Crippen molar-refractivity contribution in [2.45, 2.75) is 19.2 Å². The second kappa shape index (κ2) is 10.3. The molecule has 2 aromatic rings. The van der Waals surface area contributed by atoms with Gasteiger partial charge in [0.15, 0.2) is 0 Å². The summed E-state index contributed by atoms with van der Waals surface area (Å²) in [5, 5.41) is 10.0. The fourth-order valence-electron chi connectivity index (χ4n) is 2.76. The number of methoxy groups -OCH3 is 2. The van der Waals surface area contributed by atoms with Gasteiger partial charge in [0.1, 0.15) is 5.82 Å². The van der Waals surface area contributed by atoms with E-state index in [0.717, 1.165) is 17.8 Å². The van der Waals surface area contributed by atoms with E-state index < -0.39 is 6.10 Å². The summed E-state index contributed by atoms with van der Waals surface area (Å²) in [6.45, 7) is 3.51. The molecule has 1 atom stereocenters. The topological polar surface area (TPSA) is 46.9 Å². The van der Waals surface area contributed by atoms with E-state index in [0.29, 0.717) is 32.8 Å². The van der Waals surface area contributed by atoms with E-state index in [2.05, 4.69) is 15.5 Å². The highest BCUT2D eigenvalue weighted by Gasteiger charge is 2.14. The van der Waals surface area contributed by atoms with Crippen molar-refractivity contribution in [2.24, 2.45) is 0 Å². The average Bonchev–Trinajstić information content (AvgIpc) is 3.02. The molecule has 0 saturated heterocycles. The monoisotopic (exact) mass is 350 g/mol. The van der Waals surface area contributed by atoms with Crippen molar-refractivity contribution < 1.29 is 19.0 Å². The lowest BCUT2D eigenvalue weighted by molar-refractivity contribution is 0.0288. The minimum atomic E-state index is -0.539. The van der Waals surface area contributed by atoms with Crippen molar-refractivity contribution in [1.29, 1.82) is 0 Å². The summed E-state index contributed by atoms with van der Waals surface area (Å²) in [4.78, 5) is 2.14. The predicted molar refractivity (Wildman–Crippen MR) is 95.0 cm³/mol. The van der Waals surface area contributed by atoms with Crippen molar-refractivity contribution in [3.63, 3.8) is 0 Å². The van der Waals surface area contributed by atoms with Gasteiger partial charge in [-0.2, -0.15) is 0 Å². The molecule has 0 aliphatic rings. The van der Waals surface area contributed by atoms with Crippen molar-refractivity contribution in [1.82, 2.24) is 9.47 Å². The maximum Gasteiger partial charge on any atom is 0.123 e. The summed E-state index contributed by atoms with van der Waals surface area (Å²) in [6.07, 6.45) is 1.47. The highest BCUT2D eigenvalue weighted by Crippen LogP contribution is 2.12. The first-order chi connectivity index (χ1) is 12.1. The Morgan fingerprint density at radius 2 is 1.92 bits per heavy atom. The lowest BCUT2D eigenvalue weighted by atomic mass is 10.2. The largest absolute Gasteiger partial charge is 0.389 e. The van der Waals surface area contributed by atoms with Crippen LogP contribution in [0.25, 0.3) is 0 Å². The number of benzene rings is 1. The SMILES string of the molecule is COCCN(Cc1cccn1Cc1ccc(F)cc1)C[C@@H](O)COC. The summed E-state index contributed by atoms with van der Waals surface area (Å²) in [6, 6.07) is 10.6. The van der Waals surface area contributed by atoms with Crippen LogP contribution in [0, 0.1) is 5.82 Å². The number of aliphatic hydroxyl groups excluding tert-OH is 1. The molecule has 0 aliphatic carbocycles. The summed E-state index contributed by atoms with van der Waals surface area (Å²) < 4.78 is 25.4. The van der Waals surface area contributed by atoms with E-state index in [1.807, 2.05) is 12.3 Å². The number of nitrogens with zero attached hydrogens (tertiary/aromatic N) is 2. The van der Waals surface area contributed by atoms with Crippen molar-refractivity contribution in [3.05, 3.63) is 59.7 Å². The zero-order valence-electron chi connectivity index (χ0n) is 14.9. The fraction of sp³-hybridized carbons (Fsp3) is 0.474. The Balaban J connectivity index is 2.03. The van der Waals surface area contributed by atoms with Crippen LogP contribution in [-0.2, 0) is 22.6 Å². The smallest absolute Gasteiger partial charge is 0.123 e. The minimum absolute atomic E-state index is 0.227. The minimum Gasteiger partial charge on any atom is -0.389 e. The number of rotatable bonds is 11. The fourth-order valence-corrected chi connectivity index (χ4v) is 2.76. The van der Waals surface area contributed by atoms with Gasteiger partial charge in [0, 0.05) is 52.3 Å². The Kier molecular flexibility index (Phi) is 8.08. The first-order valence-electron chi connectivity index (χ1n) is 8.39. The van der Waals surface area contributed by atoms with Crippen LogP contribution in [0.5, 0.6) is 0 Å². The van der Waals surface area contributed by atoms with Crippen molar-refractivity contribution in [3.8, 4) is 0 Å². The van der Waals surface area contributed by atoms with E-state index in [1.54, 1.807) is 26.4 Å². The van der Waals surface area contributed by atoms with Crippen LogP contribution in [0.15, 0.2) is 42.6 Å². The Labute approximate surface area is 148 Å². The van der Waals surface area contributed by atoms with Gasteiger partial charge in [-0.1, -0.05) is 12.1 Å². The van der Waals surface area contributed by atoms with Crippen LogP contribution in [0.1, 0.15) is 11.3 Å². The molecule has 1 aromatic heterocycles. The number of aromatic nitrogens is 1. The van der Waals surface area contributed by atoms with Crippen LogP contribution >= 0.6 is 0 Å². The van der Waals surface area contributed by atoms with Crippen LogP contribution in [0.2, 0.25) is 0 Å². The van der Waals surface area contributed by atoms with Gasteiger partial charge in [-0.3, -0.25) is 4.90 Å². The van der Waals surface area contributed by atoms with E-state index >= 15 is 0 Å². The quantitative estimate of drug-likeness (QED) is 0.674. The van der Waals surface area contributed by atoms with Gasteiger partial charge >= 0.3 is 0 Å². The van der Waals surface area contributed by atoms with Gasteiger partial charge in [0.25, 0.3) is 0 Å². The third-order valence-electron chi connectivity index (χ3n) is 4.01. The van der Waals surface area contributed by atoms with Gasteiger partial charge in [-0.15, -0.1) is 0 Å². The van der Waals surface area contributed by atoms with Gasteiger partial charge in [-0.25, -0.2) is 4.39 Å². The summed E-state index contributed by atoms with van der Waals surface area (Å²) in [5.41, 5.74) is 2.17. The summed E-state index contributed by atoms with van der Waals surface area (Å²) in [5.74, 6) is -0.227. The van der Waals surface area contributed by atoms with Crippen LogP contribution in [0.3, 0.4) is 0 Å². The molecule has 0 unspecified atom stereocenters. The lowest BCUT2D eigenvalue weighted by Gasteiger charge is -2.25. The second-order valence-electron chi connectivity index (χ2n) is 6.09. The Morgan fingerprint density at radius 1 is 1.16 bits per heavy atom. The normalized spacial score (nSPS) is 12.7. The number of halogens is 1. The molecule has 1 aromatic carbocycles. The zero-order valence-corrected chi connectivity index (χ0v) is 14.9. The molecular formula is C19H27FN2O3. The average molecular weight is 350 g/mol. The van der Waals surface area contributed by atoms with Gasteiger partial charge in [-0.05, 0) is 29.8 Å². The molecule has 1 N–H and O–H groups in total. The molecule has 0 spiro atoms. The standard InChI is InChI=1S/C19H27FN2O3/c1-24-11-10-21(14-19(23)15-25-2)13-18-4-3-9-22(18)12-16-5-7-17(20)8-6-16/h3-9,19,23H,10-15H2,1-2H3/t19-/m1/s1. The Morgan fingerprint density at radius 3 is 2.60 bits per heavy atom. The van der Waals surface area contributed by atoms with Crippen molar-refractivity contribution in [2.75, 3.05) is 40.5 Å². The number of ether oxygens (including phenoxy) is 2. The first-order valence-corrected chi connectivity index (χ1v) is 8.39. The second-order valence-corrected chi connectivity index (χ2v) is 6.09. The molecule has 138 valence electrons. The highest BCUT2D eigenvalue weighted by atomic mass is 19.1. The molecule has 6 heteroatoms. The van der Waals surface area contributed by atoms with E-state index in [1.165, 1.54) is 12.1 Å². The van der Waals surface area contributed by atoms with Crippen molar-refractivity contribution >= 4 is 0 Å². The lowest BCUT2D eigenvalue weighted by Crippen LogP contribution is -2.36. The molecule has 0 radical (unpaired) electrons. The highest BCUT2D eigenvalue weighted by molar-refractivity contribution is 5.18. The molecule has 25 heavy (non-hydrogen) atoms. The molecule has 5 nitrogen and oxygen atoms in total. The van der Waals surface area contributed by atoms with E-state index in [4.69, 9.17) is 9.47 Å². The first kappa shape index (κ1) is 19.6. The summed E-state index contributed by atoms with van der Waals surface area (Å²) >= 11 is 0.